The first-order valence-corrected chi connectivity index (χ1v) is 11.3. The fourth-order valence-corrected chi connectivity index (χ4v) is 3.11. The number of amides is 2. The van der Waals surface area contributed by atoms with Crippen LogP contribution in [0.25, 0.3) is 0 Å². The molecule has 0 saturated heterocycles. The number of rotatable bonds is 13. The molecule has 190 valence electrons. The summed E-state index contributed by atoms with van der Waals surface area (Å²) in [6.45, 7) is 6.49. The Bertz CT molecular complexity index is 1040. The molecular weight excluding hydrogens is 458 g/mol. The van der Waals surface area contributed by atoms with E-state index in [1.54, 1.807) is 26.0 Å². The van der Waals surface area contributed by atoms with E-state index in [1.807, 2.05) is 6.92 Å². The summed E-state index contributed by atoms with van der Waals surface area (Å²) in [5, 5.41) is 16.7. The van der Waals surface area contributed by atoms with Gasteiger partial charge in [-0.2, -0.15) is 0 Å². The molecule has 0 bridgehead atoms. The van der Waals surface area contributed by atoms with Gasteiger partial charge in [-0.05, 0) is 44.5 Å². The molecule has 2 rings (SSSR count). The minimum atomic E-state index is -0.587. The van der Waals surface area contributed by atoms with Crippen LogP contribution in [0.3, 0.4) is 0 Å². The maximum absolute atomic E-state index is 12.5. The Balaban J connectivity index is 2.17. The van der Waals surface area contributed by atoms with Gasteiger partial charge in [-0.3, -0.25) is 10.1 Å². The highest BCUT2D eigenvalue weighted by atomic mass is 16.6. The summed E-state index contributed by atoms with van der Waals surface area (Å²) < 4.78 is 21.4. The molecule has 0 aliphatic heterocycles. The fraction of sp³-hybridized carbons (Fsp3) is 0.417. The molecule has 11 heteroatoms. The highest BCUT2D eigenvalue weighted by Gasteiger charge is 2.21. The van der Waals surface area contributed by atoms with Crippen LogP contribution in [0.4, 0.5) is 16.2 Å². The number of methoxy groups -OCH3 is 1. The van der Waals surface area contributed by atoms with Gasteiger partial charge >= 0.3 is 17.7 Å². The third-order valence-corrected chi connectivity index (χ3v) is 4.78. The van der Waals surface area contributed by atoms with Crippen LogP contribution in [0.1, 0.15) is 49.5 Å². The summed E-state index contributed by atoms with van der Waals surface area (Å²) in [7, 11) is 1.27. The topological polar surface area (TPSA) is 138 Å². The second-order valence-electron chi connectivity index (χ2n) is 7.26. The van der Waals surface area contributed by atoms with Crippen LogP contribution in [0.15, 0.2) is 30.3 Å². The van der Waals surface area contributed by atoms with Gasteiger partial charge in [0.2, 0.25) is 0 Å². The number of ether oxygens (including phenoxy) is 4. The van der Waals surface area contributed by atoms with Crippen molar-refractivity contribution in [1.29, 1.82) is 0 Å². The first-order chi connectivity index (χ1) is 16.8. The second-order valence-corrected chi connectivity index (χ2v) is 7.26. The molecule has 0 radical (unpaired) electrons. The minimum absolute atomic E-state index is 0.0152. The number of nitrogens with one attached hydrogen (secondary N) is 2. The van der Waals surface area contributed by atoms with E-state index in [0.29, 0.717) is 23.6 Å². The molecule has 2 aromatic carbocycles. The summed E-state index contributed by atoms with van der Waals surface area (Å²) >= 11 is 0. The van der Waals surface area contributed by atoms with Crippen molar-refractivity contribution in [3.63, 3.8) is 0 Å². The number of nitro benzene ring substituents is 1. The van der Waals surface area contributed by atoms with Crippen LogP contribution in [0.2, 0.25) is 0 Å². The third kappa shape index (κ3) is 7.76. The Morgan fingerprint density at radius 3 is 2.31 bits per heavy atom. The first-order valence-electron chi connectivity index (χ1n) is 11.3. The lowest BCUT2D eigenvalue weighted by atomic mass is 10.1. The van der Waals surface area contributed by atoms with Crippen molar-refractivity contribution in [2.75, 3.05) is 32.2 Å². The molecule has 0 heterocycles. The molecule has 35 heavy (non-hydrogen) atoms. The van der Waals surface area contributed by atoms with Crippen molar-refractivity contribution in [1.82, 2.24) is 5.32 Å². The van der Waals surface area contributed by atoms with Crippen LogP contribution in [-0.4, -0.2) is 43.9 Å². The number of unbranched alkanes of at least 4 members (excludes halogenated alkanes) is 1. The van der Waals surface area contributed by atoms with Gasteiger partial charge in [0.05, 0.1) is 37.9 Å². The highest BCUT2D eigenvalue weighted by molar-refractivity contribution is 5.96. The van der Waals surface area contributed by atoms with Crippen molar-refractivity contribution in [3.05, 3.63) is 51.6 Å². The molecule has 0 fully saturated rings. The molecule has 0 saturated carbocycles. The van der Waals surface area contributed by atoms with Crippen molar-refractivity contribution in [2.24, 2.45) is 0 Å². The monoisotopic (exact) mass is 489 g/mol. The summed E-state index contributed by atoms with van der Waals surface area (Å²) in [5.74, 6) is 0.132. The maximum Gasteiger partial charge on any atom is 0.341 e. The van der Waals surface area contributed by atoms with Gasteiger partial charge < -0.3 is 29.6 Å². The lowest BCUT2D eigenvalue weighted by Crippen LogP contribution is -2.28. The zero-order valence-corrected chi connectivity index (χ0v) is 20.3. The molecule has 2 aromatic rings. The number of hydrogen-bond donors (Lipinski definition) is 2. The number of esters is 1. The number of hydrogen-bond acceptors (Lipinski definition) is 8. The molecule has 11 nitrogen and oxygen atoms in total. The summed E-state index contributed by atoms with van der Waals surface area (Å²) in [5.41, 5.74) is 0.831. The normalized spacial score (nSPS) is 10.3. The fourth-order valence-electron chi connectivity index (χ4n) is 3.11. The molecule has 0 atom stereocenters. The number of carbonyl (C=O) groups is 2. The lowest BCUT2D eigenvalue weighted by molar-refractivity contribution is -0.385. The number of carbonyl (C=O) groups excluding carboxylic acids is 2. The Labute approximate surface area is 203 Å². The van der Waals surface area contributed by atoms with Gasteiger partial charge in [-0.15, -0.1) is 0 Å². The molecule has 0 spiro atoms. The summed E-state index contributed by atoms with van der Waals surface area (Å²) in [4.78, 5) is 35.5. The average molecular weight is 490 g/mol. The van der Waals surface area contributed by atoms with E-state index in [0.717, 1.165) is 12.8 Å². The molecule has 0 aliphatic rings. The number of urea groups is 1. The van der Waals surface area contributed by atoms with Gasteiger partial charge in [0.1, 0.15) is 17.1 Å². The molecule has 0 aromatic heterocycles. The second kappa shape index (κ2) is 13.6. The van der Waals surface area contributed by atoms with Crippen LogP contribution in [0.5, 0.6) is 17.2 Å². The zero-order valence-electron chi connectivity index (χ0n) is 20.3. The molecule has 0 aliphatic carbocycles. The van der Waals surface area contributed by atoms with Crippen LogP contribution in [0, 0.1) is 10.1 Å². The Morgan fingerprint density at radius 1 is 0.971 bits per heavy atom. The van der Waals surface area contributed by atoms with E-state index < -0.39 is 16.9 Å². The van der Waals surface area contributed by atoms with E-state index >= 15 is 0 Å². The molecule has 0 unspecified atom stereocenters. The summed E-state index contributed by atoms with van der Waals surface area (Å²) in [6.07, 6.45) is 1.78. The van der Waals surface area contributed by atoms with E-state index in [-0.39, 0.29) is 42.5 Å². The smallest absolute Gasteiger partial charge is 0.341 e. The molecule has 2 amide bonds. The van der Waals surface area contributed by atoms with Gasteiger partial charge in [0.25, 0.3) is 0 Å². The lowest BCUT2D eigenvalue weighted by Gasteiger charge is -2.15. The first kappa shape index (κ1) is 27.2. The molecular formula is C24H31N3O8. The van der Waals surface area contributed by atoms with E-state index in [9.17, 15) is 19.7 Å². The van der Waals surface area contributed by atoms with Crippen molar-refractivity contribution >= 4 is 23.4 Å². The van der Waals surface area contributed by atoms with Crippen molar-refractivity contribution in [2.45, 2.75) is 40.2 Å². The van der Waals surface area contributed by atoms with Crippen LogP contribution in [-0.2, 0) is 11.3 Å². The van der Waals surface area contributed by atoms with Gasteiger partial charge in [-0.1, -0.05) is 13.3 Å². The maximum atomic E-state index is 12.5. The predicted octanol–water partition coefficient (Wildman–Crippen LogP) is 4.68. The largest absolute Gasteiger partial charge is 0.493 e. The van der Waals surface area contributed by atoms with E-state index in [1.165, 1.54) is 25.3 Å². The van der Waals surface area contributed by atoms with Crippen molar-refractivity contribution in [3.8, 4) is 17.2 Å². The Morgan fingerprint density at radius 2 is 1.69 bits per heavy atom. The standard InChI is InChI=1S/C24H31N3O8/c1-5-8-11-35-20-10-9-17(13-18(20)23(28)32-4)26-24(29)25-15-16-12-22(34-7-3)19(27(30)31)14-21(16)33-6-2/h9-10,12-14H,5-8,11,15H2,1-4H3,(H2,25,26,29). The van der Waals surface area contributed by atoms with Gasteiger partial charge in [0.15, 0.2) is 5.75 Å². The van der Waals surface area contributed by atoms with E-state index in [2.05, 4.69) is 10.6 Å². The number of anilines is 1. The summed E-state index contributed by atoms with van der Waals surface area (Å²) in [6, 6.07) is 6.87. The SMILES string of the molecule is CCCCOc1ccc(NC(=O)NCc2cc(OCC)c([N+](=O)[O-])cc2OCC)cc1C(=O)OC. The van der Waals surface area contributed by atoms with Crippen LogP contribution >= 0.6 is 0 Å². The number of nitrogens with zero attached hydrogens (tertiary/aromatic N) is 1. The quantitative estimate of drug-likeness (QED) is 0.179. The van der Waals surface area contributed by atoms with Crippen LogP contribution < -0.4 is 24.8 Å². The van der Waals surface area contributed by atoms with E-state index in [4.69, 9.17) is 18.9 Å². The highest BCUT2D eigenvalue weighted by Crippen LogP contribution is 2.35. The Kier molecular flexibility index (Phi) is 10.6. The molecule has 2 N–H and O–H groups in total. The van der Waals surface area contributed by atoms with Gasteiger partial charge in [0, 0.05) is 17.8 Å². The van der Waals surface area contributed by atoms with Gasteiger partial charge in [-0.25, -0.2) is 9.59 Å². The predicted molar refractivity (Wildman–Crippen MR) is 129 cm³/mol. The Hall–Kier alpha value is -4.02. The number of nitro groups is 1. The van der Waals surface area contributed by atoms with Crippen molar-refractivity contribution < 1.29 is 33.5 Å². The number of benzene rings is 2. The third-order valence-electron chi connectivity index (χ3n) is 4.78. The zero-order chi connectivity index (χ0) is 25.8. The average Bonchev–Trinajstić information content (AvgIpc) is 2.84. The minimum Gasteiger partial charge on any atom is -0.493 e.